The first-order valence-corrected chi connectivity index (χ1v) is 7.64. The van der Waals surface area contributed by atoms with Crippen LogP contribution in [0, 0.1) is 5.82 Å². The van der Waals surface area contributed by atoms with Gasteiger partial charge in [-0.1, -0.05) is 24.3 Å². The monoisotopic (exact) mass is 361 g/mol. The number of ether oxygens (including phenoxy) is 1. The average Bonchev–Trinajstić information content (AvgIpc) is 3.01. The fraction of sp³-hybridized carbons (Fsp3) is 0.111. The highest BCUT2D eigenvalue weighted by Gasteiger charge is 2.16. The second-order valence-corrected chi connectivity index (χ2v) is 5.36. The molecule has 5 nitrogen and oxygen atoms in total. The SMILES string of the molecule is O=C(Nc1ccn(Cc2cccc(F)c2)n1)c1ccccc1OC(F)F. The summed E-state index contributed by atoms with van der Waals surface area (Å²) in [5.41, 5.74) is 0.675. The first-order chi connectivity index (χ1) is 12.5. The Kier molecular flexibility index (Phi) is 5.21. The summed E-state index contributed by atoms with van der Waals surface area (Å²) >= 11 is 0. The largest absolute Gasteiger partial charge is 0.434 e. The van der Waals surface area contributed by atoms with Gasteiger partial charge < -0.3 is 10.1 Å². The molecule has 134 valence electrons. The first-order valence-electron chi connectivity index (χ1n) is 7.64. The van der Waals surface area contributed by atoms with Crippen LogP contribution in [0.3, 0.4) is 0 Å². The highest BCUT2D eigenvalue weighted by Crippen LogP contribution is 2.21. The van der Waals surface area contributed by atoms with E-state index in [1.165, 1.54) is 41.1 Å². The van der Waals surface area contributed by atoms with Crippen molar-refractivity contribution in [3.63, 3.8) is 0 Å². The van der Waals surface area contributed by atoms with Crippen LogP contribution in [-0.4, -0.2) is 22.3 Å². The van der Waals surface area contributed by atoms with E-state index < -0.39 is 12.5 Å². The van der Waals surface area contributed by atoms with Crippen molar-refractivity contribution in [1.29, 1.82) is 0 Å². The van der Waals surface area contributed by atoms with Gasteiger partial charge in [-0.3, -0.25) is 9.48 Å². The number of amides is 1. The smallest absolute Gasteiger partial charge is 0.387 e. The van der Waals surface area contributed by atoms with Gasteiger partial charge in [-0.25, -0.2) is 4.39 Å². The minimum Gasteiger partial charge on any atom is -0.434 e. The fourth-order valence-corrected chi connectivity index (χ4v) is 2.38. The lowest BCUT2D eigenvalue weighted by molar-refractivity contribution is -0.0501. The van der Waals surface area contributed by atoms with Crippen LogP contribution in [0.15, 0.2) is 60.8 Å². The minimum absolute atomic E-state index is 0.0347. The van der Waals surface area contributed by atoms with E-state index in [-0.39, 0.29) is 22.9 Å². The van der Waals surface area contributed by atoms with Gasteiger partial charge in [0.2, 0.25) is 0 Å². The second kappa shape index (κ2) is 7.73. The summed E-state index contributed by atoms with van der Waals surface area (Å²) in [5, 5.41) is 6.68. The van der Waals surface area contributed by atoms with Crippen LogP contribution in [-0.2, 0) is 6.54 Å². The van der Waals surface area contributed by atoms with Crippen molar-refractivity contribution >= 4 is 11.7 Å². The number of halogens is 3. The number of benzene rings is 2. The van der Waals surface area contributed by atoms with Crippen molar-refractivity contribution in [3.8, 4) is 5.75 Å². The van der Waals surface area contributed by atoms with Crippen LogP contribution < -0.4 is 10.1 Å². The van der Waals surface area contributed by atoms with Gasteiger partial charge in [0.1, 0.15) is 11.6 Å². The maximum atomic E-state index is 13.2. The predicted molar refractivity (Wildman–Crippen MR) is 88.8 cm³/mol. The van der Waals surface area contributed by atoms with Crippen molar-refractivity contribution in [1.82, 2.24) is 9.78 Å². The number of para-hydroxylation sites is 1. The topological polar surface area (TPSA) is 56.2 Å². The van der Waals surface area contributed by atoms with Gasteiger partial charge in [0.15, 0.2) is 5.82 Å². The van der Waals surface area contributed by atoms with Crippen LogP contribution in [0.25, 0.3) is 0 Å². The molecule has 0 spiro atoms. The molecule has 0 fully saturated rings. The molecule has 0 saturated carbocycles. The maximum absolute atomic E-state index is 13.2. The number of hydrogen-bond donors (Lipinski definition) is 1. The molecule has 0 radical (unpaired) electrons. The number of hydrogen-bond acceptors (Lipinski definition) is 3. The summed E-state index contributed by atoms with van der Waals surface area (Å²) < 4.78 is 43.9. The summed E-state index contributed by atoms with van der Waals surface area (Å²) in [7, 11) is 0. The molecular formula is C18H14F3N3O2. The molecule has 1 amide bonds. The Morgan fingerprint density at radius 1 is 1.15 bits per heavy atom. The van der Waals surface area contributed by atoms with Gasteiger partial charge >= 0.3 is 6.61 Å². The Labute approximate surface area is 147 Å². The highest BCUT2D eigenvalue weighted by atomic mass is 19.3. The van der Waals surface area contributed by atoms with Crippen LogP contribution in [0.1, 0.15) is 15.9 Å². The Bertz CT molecular complexity index is 912. The van der Waals surface area contributed by atoms with Crippen LogP contribution >= 0.6 is 0 Å². The molecule has 0 atom stereocenters. The van der Waals surface area contributed by atoms with E-state index in [1.807, 2.05) is 0 Å². The zero-order chi connectivity index (χ0) is 18.5. The predicted octanol–water partition coefficient (Wildman–Crippen LogP) is 3.92. The zero-order valence-corrected chi connectivity index (χ0v) is 13.4. The molecule has 0 aliphatic rings. The van der Waals surface area contributed by atoms with Crippen molar-refractivity contribution in [2.75, 3.05) is 5.32 Å². The molecule has 8 heteroatoms. The minimum atomic E-state index is -3.03. The molecule has 0 unspecified atom stereocenters. The Morgan fingerprint density at radius 3 is 2.73 bits per heavy atom. The van der Waals surface area contributed by atoms with E-state index in [0.29, 0.717) is 12.1 Å². The van der Waals surface area contributed by atoms with E-state index in [9.17, 15) is 18.0 Å². The standard InChI is InChI=1S/C18H14F3N3O2/c19-13-5-3-4-12(10-13)11-24-9-8-16(23-24)22-17(25)14-6-1-2-7-15(14)26-18(20)21/h1-10,18H,11H2,(H,22,23,25). The molecule has 1 heterocycles. The van der Waals surface area contributed by atoms with Crippen molar-refractivity contribution in [2.45, 2.75) is 13.2 Å². The van der Waals surface area contributed by atoms with Crippen LogP contribution in [0.4, 0.5) is 19.0 Å². The first kappa shape index (κ1) is 17.5. The summed E-state index contributed by atoms with van der Waals surface area (Å²) in [5.74, 6) is -0.964. The van der Waals surface area contributed by atoms with Crippen molar-refractivity contribution < 1.29 is 22.7 Å². The number of nitrogens with one attached hydrogen (secondary N) is 1. The lowest BCUT2D eigenvalue weighted by Gasteiger charge is -2.09. The number of carbonyl (C=O) groups excluding carboxylic acids is 1. The Balaban J connectivity index is 1.70. The van der Waals surface area contributed by atoms with Gasteiger partial charge in [0.25, 0.3) is 5.91 Å². The third-order valence-electron chi connectivity index (χ3n) is 3.46. The molecule has 26 heavy (non-hydrogen) atoms. The summed E-state index contributed by atoms with van der Waals surface area (Å²) in [4.78, 5) is 12.3. The molecule has 3 rings (SSSR count). The van der Waals surface area contributed by atoms with Gasteiger partial charge in [-0.15, -0.1) is 0 Å². The summed E-state index contributed by atoms with van der Waals surface area (Å²) in [6.07, 6.45) is 1.61. The number of carbonyl (C=O) groups is 1. The van der Waals surface area contributed by atoms with E-state index in [4.69, 9.17) is 0 Å². The van der Waals surface area contributed by atoms with E-state index in [2.05, 4.69) is 15.2 Å². The number of nitrogens with zero attached hydrogens (tertiary/aromatic N) is 2. The quantitative estimate of drug-likeness (QED) is 0.724. The van der Waals surface area contributed by atoms with Gasteiger partial charge in [0.05, 0.1) is 12.1 Å². The molecule has 0 aliphatic carbocycles. The zero-order valence-electron chi connectivity index (χ0n) is 13.4. The molecule has 2 aromatic carbocycles. The van der Waals surface area contributed by atoms with Crippen molar-refractivity contribution in [2.24, 2.45) is 0 Å². The van der Waals surface area contributed by atoms with Gasteiger partial charge in [-0.05, 0) is 29.8 Å². The van der Waals surface area contributed by atoms with Crippen molar-refractivity contribution in [3.05, 3.63) is 77.7 Å². The van der Waals surface area contributed by atoms with E-state index in [1.54, 1.807) is 24.4 Å². The Hall–Kier alpha value is -3.29. The number of alkyl halides is 2. The fourth-order valence-electron chi connectivity index (χ4n) is 2.38. The molecular weight excluding hydrogens is 347 g/mol. The second-order valence-electron chi connectivity index (χ2n) is 5.36. The van der Waals surface area contributed by atoms with Gasteiger partial charge in [0, 0.05) is 12.3 Å². The normalized spacial score (nSPS) is 10.8. The van der Waals surface area contributed by atoms with E-state index >= 15 is 0 Å². The van der Waals surface area contributed by atoms with Crippen LogP contribution in [0.2, 0.25) is 0 Å². The molecule has 0 bridgehead atoms. The molecule has 0 aliphatic heterocycles. The number of aromatic nitrogens is 2. The van der Waals surface area contributed by atoms with Crippen LogP contribution in [0.5, 0.6) is 5.75 Å². The molecule has 3 aromatic rings. The third-order valence-corrected chi connectivity index (χ3v) is 3.46. The molecule has 1 aromatic heterocycles. The maximum Gasteiger partial charge on any atom is 0.387 e. The molecule has 1 N–H and O–H groups in total. The Morgan fingerprint density at radius 2 is 1.96 bits per heavy atom. The van der Waals surface area contributed by atoms with Gasteiger partial charge in [-0.2, -0.15) is 13.9 Å². The third kappa shape index (κ3) is 4.41. The lowest BCUT2D eigenvalue weighted by atomic mass is 10.2. The number of rotatable bonds is 6. The van der Waals surface area contributed by atoms with E-state index in [0.717, 1.165) is 0 Å². The molecule has 0 saturated heterocycles. The average molecular weight is 361 g/mol. The lowest BCUT2D eigenvalue weighted by Crippen LogP contribution is -2.15. The summed E-state index contributed by atoms with van der Waals surface area (Å²) in [6.45, 7) is -2.71. The summed E-state index contributed by atoms with van der Waals surface area (Å²) in [6, 6.07) is 13.3. The number of anilines is 1. The highest BCUT2D eigenvalue weighted by molar-refractivity contribution is 6.05.